The van der Waals surface area contributed by atoms with Crippen molar-refractivity contribution in [1.82, 2.24) is 9.80 Å². The summed E-state index contributed by atoms with van der Waals surface area (Å²) in [4.78, 5) is 42.8. The number of cyclic esters (lactones) is 1. The maximum Gasteiger partial charge on any atom is 0.414 e. The largest absolute Gasteiger partial charge is 0.447 e. The van der Waals surface area contributed by atoms with Gasteiger partial charge in [-0.3, -0.25) is 24.7 Å². The number of hydrogen-bond donors (Lipinski definition) is 0. The van der Waals surface area contributed by atoms with E-state index >= 15 is 0 Å². The highest BCUT2D eigenvalue weighted by Crippen LogP contribution is 2.35. The molecule has 162 valence electrons. The smallest absolute Gasteiger partial charge is 0.414 e. The summed E-state index contributed by atoms with van der Waals surface area (Å²) in [7, 11) is 0. The molecule has 0 N–H and O–H groups in total. The molecule has 3 aliphatic heterocycles. The van der Waals surface area contributed by atoms with Gasteiger partial charge in [-0.25, -0.2) is 4.79 Å². The number of piperazine rings is 1. The van der Waals surface area contributed by atoms with Crippen LogP contribution in [0.5, 0.6) is 0 Å². The highest BCUT2D eigenvalue weighted by molar-refractivity contribution is 5.94. The van der Waals surface area contributed by atoms with E-state index in [1.165, 1.54) is 17.0 Å². The monoisotopic (exact) mass is 419 g/mol. The van der Waals surface area contributed by atoms with Gasteiger partial charge in [0.2, 0.25) is 5.91 Å². The van der Waals surface area contributed by atoms with Crippen molar-refractivity contribution in [2.45, 2.75) is 0 Å². The number of morpholine rings is 1. The third kappa shape index (κ3) is 4.31. The van der Waals surface area contributed by atoms with E-state index in [1.807, 2.05) is 4.90 Å². The predicted octanol–water partition coefficient (Wildman–Crippen LogP) is 0.532. The fraction of sp³-hybridized carbons (Fsp3) is 0.579. The van der Waals surface area contributed by atoms with Crippen molar-refractivity contribution in [3.8, 4) is 0 Å². The second-order valence-corrected chi connectivity index (χ2v) is 7.45. The van der Waals surface area contributed by atoms with Crippen molar-refractivity contribution in [3.63, 3.8) is 0 Å². The number of nitro groups is 1. The molecule has 1 aromatic rings. The number of hydrogen-bond acceptors (Lipinski definition) is 8. The number of anilines is 2. The van der Waals surface area contributed by atoms with Crippen LogP contribution in [0.1, 0.15) is 0 Å². The molecule has 0 unspecified atom stereocenters. The minimum atomic E-state index is -0.494. The standard InChI is InChI=1S/C19H25N5O6/c25-18(22-7-10-29-11-8-22)14-20-3-5-21(6-4-20)16-2-1-15(24(27)28)13-17(16)23-9-12-30-19(23)26/h1-2,13H,3-12,14H2. The summed E-state index contributed by atoms with van der Waals surface area (Å²) in [6.07, 6.45) is -0.494. The average Bonchev–Trinajstić information content (AvgIpc) is 3.20. The topological polar surface area (TPSA) is 109 Å². The molecule has 0 spiro atoms. The van der Waals surface area contributed by atoms with Crippen LogP contribution >= 0.6 is 0 Å². The van der Waals surface area contributed by atoms with E-state index in [0.717, 1.165) is 5.69 Å². The van der Waals surface area contributed by atoms with Crippen LogP contribution in [0.2, 0.25) is 0 Å². The molecule has 0 radical (unpaired) electrons. The summed E-state index contributed by atoms with van der Waals surface area (Å²) in [5.41, 5.74) is 1.19. The van der Waals surface area contributed by atoms with Gasteiger partial charge in [0.25, 0.3) is 5.69 Å². The molecule has 0 bridgehead atoms. The number of amides is 2. The number of nitro benzene ring substituents is 1. The number of ether oxygens (including phenoxy) is 2. The van der Waals surface area contributed by atoms with Crippen molar-refractivity contribution in [1.29, 1.82) is 0 Å². The van der Waals surface area contributed by atoms with Gasteiger partial charge in [0.1, 0.15) is 6.61 Å². The first-order valence-corrected chi connectivity index (χ1v) is 10.1. The normalized spacial score (nSPS) is 20.4. The summed E-state index contributed by atoms with van der Waals surface area (Å²) in [5.74, 6) is 0.114. The van der Waals surface area contributed by atoms with Crippen molar-refractivity contribution in [2.75, 3.05) is 82.0 Å². The van der Waals surface area contributed by atoms with Crippen LogP contribution in [0.25, 0.3) is 0 Å². The van der Waals surface area contributed by atoms with Gasteiger partial charge in [-0.15, -0.1) is 0 Å². The zero-order valence-corrected chi connectivity index (χ0v) is 16.7. The summed E-state index contributed by atoms with van der Waals surface area (Å²) in [5, 5.41) is 11.2. The van der Waals surface area contributed by atoms with Crippen molar-refractivity contribution >= 4 is 29.1 Å². The SMILES string of the molecule is O=C(CN1CCN(c2ccc([N+](=O)[O-])cc2N2CCOC2=O)CC1)N1CCOCC1. The molecule has 0 atom stereocenters. The second-order valence-electron chi connectivity index (χ2n) is 7.45. The molecule has 0 saturated carbocycles. The van der Waals surface area contributed by atoms with Crippen LogP contribution < -0.4 is 9.80 Å². The van der Waals surface area contributed by atoms with Gasteiger partial charge in [0.15, 0.2) is 0 Å². The van der Waals surface area contributed by atoms with Crippen LogP contribution in [-0.4, -0.2) is 98.9 Å². The van der Waals surface area contributed by atoms with Gasteiger partial charge >= 0.3 is 6.09 Å². The van der Waals surface area contributed by atoms with Crippen molar-refractivity contribution < 1.29 is 24.0 Å². The van der Waals surface area contributed by atoms with E-state index in [1.54, 1.807) is 6.07 Å². The number of nitrogens with zero attached hydrogens (tertiary/aromatic N) is 5. The van der Waals surface area contributed by atoms with Gasteiger partial charge in [0.05, 0.1) is 42.6 Å². The lowest BCUT2D eigenvalue weighted by Crippen LogP contribution is -2.51. The maximum atomic E-state index is 12.5. The molecule has 2 amide bonds. The second kappa shape index (κ2) is 8.84. The Morgan fingerprint density at radius 3 is 2.37 bits per heavy atom. The molecule has 4 rings (SSSR count). The first-order chi connectivity index (χ1) is 14.5. The molecule has 0 aromatic heterocycles. The summed E-state index contributed by atoms with van der Waals surface area (Å²) >= 11 is 0. The molecule has 0 aliphatic carbocycles. The molecule has 30 heavy (non-hydrogen) atoms. The molecular weight excluding hydrogens is 394 g/mol. The predicted molar refractivity (Wildman–Crippen MR) is 108 cm³/mol. The van der Waals surface area contributed by atoms with Crippen LogP contribution in [-0.2, 0) is 14.3 Å². The van der Waals surface area contributed by atoms with Gasteiger partial charge in [-0.2, -0.15) is 0 Å². The molecule has 11 nitrogen and oxygen atoms in total. The Labute approximate surface area is 173 Å². The Hall–Kier alpha value is -2.92. The third-order valence-corrected chi connectivity index (χ3v) is 5.66. The molecule has 3 aliphatic rings. The fourth-order valence-electron chi connectivity index (χ4n) is 3.97. The van der Waals surface area contributed by atoms with E-state index in [-0.39, 0.29) is 18.2 Å². The molecule has 3 fully saturated rings. The van der Waals surface area contributed by atoms with Crippen molar-refractivity contribution in [2.24, 2.45) is 0 Å². The van der Waals surface area contributed by atoms with Crippen LogP contribution in [0.3, 0.4) is 0 Å². The van der Waals surface area contributed by atoms with E-state index in [4.69, 9.17) is 9.47 Å². The van der Waals surface area contributed by atoms with Crippen LogP contribution in [0, 0.1) is 10.1 Å². The summed E-state index contributed by atoms with van der Waals surface area (Å²) in [6, 6.07) is 4.57. The number of rotatable bonds is 5. The van der Waals surface area contributed by atoms with Gasteiger partial charge < -0.3 is 19.3 Å². The lowest BCUT2D eigenvalue weighted by molar-refractivity contribution is -0.384. The average molecular weight is 419 g/mol. The minimum absolute atomic E-state index is 0.0665. The third-order valence-electron chi connectivity index (χ3n) is 5.66. The first kappa shape index (κ1) is 20.4. The lowest BCUT2D eigenvalue weighted by atomic mass is 10.1. The number of benzene rings is 1. The highest BCUT2D eigenvalue weighted by atomic mass is 16.6. The van der Waals surface area contributed by atoms with Crippen molar-refractivity contribution in [3.05, 3.63) is 28.3 Å². The van der Waals surface area contributed by atoms with E-state index in [0.29, 0.717) is 71.3 Å². The van der Waals surface area contributed by atoms with E-state index in [2.05, 4.69) is 9.80 Å². The van der Waals surface area contributed by atoms with Gasteiger partial charge in [-0.05, 0) is 6.07 Å². The Balaban J connectivity index is 1.43. The minimum Gasteiger partial charge on any atom is -0.447 e. The Kier molecular flexibility index (Phi) is 6.00. The number of carbonyl (C=O) groups is 2. The molecule has 3 heterocycles. The Morgan fingerprint density at radius 1 is 1.00 bits per heavy atom. The Bertz CT molecular complexity index is 820. The lowest BCUT2D eigenvalue weighted by Gasteiger charge is -2.38. The number of non-ortho nitro benzene ring substituents is 1. The summed E-state index contributed by atoms with van der Waals surface area (Å²) in [6.45, 7) is 6.14. The molecular formula is C19H25N5O6. The van der Waals surface area contributed by atoms with Crippen LogP contribution in [0.15, 0.2) is 18.2 Å². The fourth-order valence-corrected chi connectivity index (χ4v) is 3.97. The Morgan fingerprint density at radius 2 is 1.73 bits per heavy atom. The summed E-state index contributed by atoms with van der Waals surface area (Å²) < 4.78 is 10.3. The maximum absolute atomic E-state index is 12.5. The quantitative estimate of drug-likeness (QED) is 0.502. The van der Waals surface area contributed by atoms with Gasteiger partial charge in [0, 0.05) is 51.4 Å². The molecule has 3 saturated heterocycles. The zero-order valence-electron chi connectivity index (χ0n) is 16.7. The van der Waals surface area contributed by atoms with Gasteiger partial charge in [-0.1, -0.05) is 0 Å². The highest BCUT2D eigenvalue weighted by Gasteiger charge is 2.30. The van der Waals surface area contributed by atoms with E-state index < -0.39 is 11.0 Å². The van der Waals surface area contributed by atoms with E-state index in [9.17, 15) is 19.7 Å². The zero-order chi connectivity index (χ0) is 21.1. The van der Waals surface area contributed by atoms with Crippen LogP contribution in [0.4, 0.5) is 21.9 Å². The first-order valence-electron chi connectivity index (χ1n) is 10.1. The molecule has 11 heteroatoms. The number of carbonyl (C=O) groups excluding carboxylic acids is 2. The molecule has 1 aromatic carbocycles.